The zero-order valence-corrected chi connectivity index (χ0v) is 10.5. The molecule has 0 spiro atoms. The quantitative estimate of drug-likeness (QED) is 0.812. The van der Waals surface area contributed by atoms with E-state index in [0.717, 1.165) is 5.56 Å². The first kappa shape index (κ1) is 12.5. The lowest BCUT2D eigenvalue weighted by Gasteiger charge is -2.07. The molecule has 0 unspecified atom stereocenters. The molecule has 0 bridgehead atoms. The lowest BCUT2D eigenvalue weighted by molar-refractivity contribution is 0.102. The summed E-state index contributed by atoms with van der Waals surface area (Å²) in [5, 5.41) is 12.2. The summed E-state index contributed by atoms with van der Waals surface area (Å²) in [7, 11) is 0. The minimum Gasteiger partial charge on any atom is -0.506 e. The number of carbonyl (C=O) groups is 1. The smallest absolute Gasteiger partial charge is 0.255 e. The van der Waals surface area contributed by atoms with Crippen molar-refractivity contribution in [3.63, 3.8) is 0 Å². The van der Waals surface area contributed by atoms with Gasteiger partial charge in [0.25, 0.3) is 5.91 Å². The lowest BCUT2D eigenvalue weighted by atomic mass is 10.1. The summed E-state index contributed by atoms with van der Waals surface area (Å²) in [6.07, 6.45) is 0. The van der Waals surface area contributed by atoms with Crippen molar-refractivity contribution in [2.75, 3.05) is 5.32 Å². The van der Waals surface area contributed by atoms with Gasteiger partial charge in [-0.25, -0.2) is 0 Å². The Kier molecular flexibility index (Phi) is 3.53. The highest BCUT2D eigenvalue weighted by Crippen LogP contribution is 2.26. The van der Waals surface area contributed by atoms with Gasteiger partial charge in [-0.15, -0.1) is 0 Å². The normalized spacial score (nSPS) is 10.1. The fraction of sp³-hybridized carbons (Fsp3) is 0.0714. The van der Waals surface area contributed by atoms with Gasteiger partial charge in [0, 0.05) is 11.3 Å². The Hall–Kier alpha value is -2.00. The molecule has 0 radical (unpaired) electrons. The molecule has 92 valence electrons. The average Bonchev–Trinajstić information content (AvgIpc) is 2.34. The van der Waals surface area contributed by atoms with E-state index in [0.29, 0.717) is 11.3 Å². The van der Waals surface area contributed by atoms with Gasteiger partial charge in [-0.1, -0.05) is 29.3 Å². The van der Waals surface area contributed by atoms with Crippen molar-refractivity contribution in [1.29, 1.82) is 0 Å². The van der Waals surface area contributed by atoms with Crippen LogP contribution in [-0.2, 0) is 0 Å². The van der Waals surface area contributed by atoms with Gasteiger partial charge in [0.2, 0.25) is 0 Å². The third-order valence-electron chi connectivity index (χ3n) is 2.49. The van der Waals surface area contributed by atoms with E-state index in [-0.39, 0.29) is 16.7 Å². The van der Waals surface area contributed by atoms with Crippen LogP contribution in [-0.4, -0.2) is 11.0 Å². The van der Waals surface area contributed by atoms with E-state index in [1.807, 2.05) is 19.1 Å². The van der Waals surface area contributed by atoms with Gasteiger partial charge in [0.1, 0.15) is 5.75 Å². The Morgan fingerprint density at radius 3 is 2.67 bits per heavy atom. The fourth-order valence-corrected chi connectivity index (χ4v) is 1.75. The van der Waals surface area contributed by atoms with Crippen molar-refractivity contribution in [3.8, 4) is 5.75 Å². The number of carbonyl (C=O) groups excluding carboxylic acids is 1. The second-order valence-corrected chi connectivity index (χ2v) is 4.40. The van der Waals surface area contributed by atoms with E-state index in [2.05, 4.69) is 5.32 Å². The molecule has 0 fully saturated rings. The summed E-state index contributed by atoms with van der Waals surface area (Å²) >= 11 is 5.77. The summed E-state index contributed by atoms with van der Waals surface area (Å²) in [6.45, 7) is 1.92. The molecule has 18 heavy (non-hydrogen) atoms. The third kappa shape index (κ3) is 2.81. The van der Waals surface area contributed by atoms with Gasteiger partial charge < -0.3 is 10.4 Å². The third-order valence-corrected chi connectivity index (χ3v) is 2.79. The highest BCUT2D eigenvalue weighted by atomic mass is 35.5. The van der Waals surface area contributed by atoms with Crippen LogP contribution in [0.3, 0.4) is 0 Å². The fourth-order valence-electron chi connectivity index (χ4n) is 1.57. The number of amides is 1. The minimum atomic E-state index is -0.208. The maximum atomic E-state index is 11.9. The number of aromatic hydroxyl groups is 1. The van der Waals surface area contributed by atoms with Crippen LogP contribution in [0.1, 0.15) is 15.9 Å². The largest absolute Gasteiger partial charge is 0.506 e. The van der Waals surface area contributed by atoms with Crippen molar-refractivity contribution in [3.05, 3.63) is 58.6 Å². The summed E-state index contributed by atoms with van der Waals surface area (Å²) in [5.74, 6) is -0.217. The maximum Gasteiger partial charge on any atom is 0.255 e. The van der Waals surface area contributed by atoms with Gasteiger partial charge in [-0.3, -0.25) is 4.79 Å². The van der Waals surface area contributed by atoms with E-state index in [9.17, 15) is 9.90 Å². The first-order valence-corrected chi connectivity index (χ1v) is 5.80. The van der Waals surface area contributed by atoms with Crippen LogP contribution in [0.2, 0.25) is 5.02 Å². The summed E-state index contributed by atoms with van der Waals surface area (Å²) in [5.41, 5.74) is 2.15. The standard InChI is InChI=1S/C14H12ClNO2/c1-9-3-2-4-10(7-9)14(18)16-11-5-6-13(17)12(15)8-11/h2-8,17H,1H3,(H,16,18). The first-order chi connectivity index (χ1) is 8.56. The number of nitrogens with one attached hydrogen (secondary N) is 1. The molecule has 0 aromatic heterocycles. The second-order valence-electron chi connectivity index (χ2n) is 3.99. The second kappa shape index (κ2) is 5.10. The molecule has 0 saturated carbocycles. The molecular weight excluding hydrogens is 250 g/mol. The van der Waals surface area contributed by atoms with E-state index in [4.69, 9.17) is 11.6 Å². The van der Waals surface area contributed by atoms with Gasteiger partial charge in [-0.05, 0) is 37.3 Å². The van der Waals surface area contributed by atoms with Crippen molar-refractivity contribution in [2.45, 2.75) is 6.92 Å². The predicted octanol–water partition coefficient (Wildman–Crippen LogP) is 3.61. The van der Waals surface area contributed by atoms with E-state index in [1.54, 1.807) is 18.2 Å². The topological polar surface area (TPSA) is 49.3 Å². The van der Waals surface area contributed by atoms with Crippen molar-refractivity contribution in [2.24, 2.45) is 0 Å². The molecule has 2 N–H and O–H groups in total. The van der Waals surface area contributed by atoms with Gasteiger partial charge in [-0.2, -0.15) is 0 Å². The van der Waals surface area contributed by atoms with Crippen LogP contribution in [0.4, 0.5) is 5.69 Å². The number of phenols is 1. The molecule has 2 rings (SSSR count). The number of hydrogen-bond acceptors (Lipinski definition) is 2. The number of aryl methyl sites for hydroxylation is 1. The van der Waals surface area contributed by atoms with Gasteiger partial charge in [0.15, 0.2) is 0 Å². The number of halogens is 1. The number of phenolic OH excluding ortho intramolecular Hbond substituents is 1. The number of anilines is 1. The molecule has 0 saturated heterocycles. The van der Waals surface area contributed by atoms with Crippen LogP contribution in [0, 0.1) is 6.92 Å². The van der Waals surface area contributed by atoms with Crippen LogP contribution in [0.25, 0.3) is 0 Å². The molecular formula is C14H12ClNO2. The van der Waals surface area contributed by atoms with Crippen LogP contribution in [0.5, 0.6) is 5.75 Å². The lowest BCUT2D eigenvalue weighted by Crippen LogP contribution is -2.11. The number of rotatable bonds is 2. The average molecular weight is 262 g/mol. The van der Waals surface area contributed by atoms with Crippen molar-refractivity contribution >= 4 is 23.2 Å². The molecule has 2 aromatic carbocycles. The molecule has 0 aliphatic heterocycles. The first-order valence-electron chi connectivity index (χ1n) is 5.43. The minimum absolute atomic E-state index is 0.00905. The highest BCUT2D eigenvalue weighted by molar-refractivity contribution is 6.32. The Morgan fingerprint density at radius 2 is 2.00 bits per heavy atom. The molecule has 0 atom stereocenters. The highest BCUT2D eigenvalue weighted by Gasteiger charge is 2.07. The van der Waals surface area contributed by atoms with Crippen molar-refractivity contribution in [1.82, 2.24) is 0 Å². The van der Waals surface area contributed by atoms with Crippen LogP contribution in [0.15, 0.2) is 42.5 Å². The summed E-state index contributed by atoms with van der Waals surface area (Å²) in [4.78, 5) is 11.9. The molecule has 0 aliphatic carbocycles. The van der Waals surface area contributed by atoms with Crippen LogP contribution >= 0.6 is 11.6 Å². The molecule has 4 heteroatoms. The van der Waals surface area contributed by atoms with Gasteiger partial charge >= 0.3 is 0 Å². The molecule has 3 nitrogen and oxygen atoms in total. The van der Waals surface area contributed by atoms with Gasteiger partial charge in [0.05, 0.1) is 5.02 Å². The van der Waals surface area contributed by atoms with E-state index in [1.165, 1.54) is 12.1 Å². The number of hydrogen-bond donors (Lipinski definition) is 2. The van der Waals surface area contributed by atoms with Crippen molar-refractivity contribution < 1.29 is 9.90 Å². The Labute approximate surface area is 110 Å². The Bertz CT molecular complexity index is 596. The van der Waals surface area contributed by atoms with E-state index >= 15 is 0 Å². The summed E-state index contributed by atoms with van der Waals surface area (Å²) < 4.78 is 0. The molecule has 0 heterocycles. The molecule has 2 aromatic rings. The number of benzene rings is 2. The zero-order chi connectivity index (χ0) is 13.1. The predicted molar refractivity (Wildman–Crippen MR) is 72.2 cm³/mol. The van der Waals surface area contributed by atoms with Crippen LogP contribution < -0.4 is 5.32 Å². The summed E-state index contributed by atoms with van der Waals surface area (Å²) in [6, 6.07) is 11.8. The van der Waals surface area contributed by atoms with E-state index < -0.39 is 0 Å². The zero-order valence-electron chi connectivity index (χ0n) is 9.77. The maximum absolute atomic E-state index is 11.9. The molecule has 0 aliphatic rings. The Balaban J connectivity index is 2.18. The molecule has 1 amide bonds. The monoisotopic (exact) mass is 261 g/mol. The Morgan fingerprint density at radius 1 is 1.22 bits per heavy atom. The SMILES string of the molecule is Cc1cccc(C(=O)Nc2ccc(O)c(Cl)c2)c1.